The molecule has 14 heteroatoms. The minimum atomic E-state index is -4.53. The van der Waals surface area contributed by atoms with E-state index in [2.05, 4.69) is 25.8 Å². The van der Waals surface area contributed by atoms with E-state index in [1.54, 1.807) is 0 Å². The first kappa shape index (κ1) is 24.2. The van der Waals surface area contributed by atoms with Crippen molar-refractivity contribution >= 4 is 23.5 Å². The van der Waals surface area contributed by atoms with Gasteiger partial charge in [0.25, 0.3) is 0 Å². The third-order valence-electron chi connectivity index (χ3n) is 5.75. The van der Waals surface area contributed by atoms with Crippen molar-refractivity contribution in [3.8, 4) is 0 Å². The van der Waals surface area contributed by atoms with E-state index in [-0.39, 0.29) is 35.8 Å². The lowest BCUT2D eigenvalue weighted by molar-refractivity contribution is -0.136. The van der Waals surface area contributed by atoms with Gasteiger partial charge in [0.2, 0.25) is 17.8 Å². The Morgan fingerprint density at radius 3 is 1.68 bits per heavy atom. The second kappa shape index (κ2) is 9.74. The van der Waals surface area contributed by atoms with Crippen LogP contribution in [0, 0.1) is 0 Å². The number of nitrogens with two attached hydrogens (primary N) is 4. The molecule has 1 aromatic carbocycles. The maximum Gasteiger partial charge on any atom is 0.418 e. The molecule has 0 saturated carbocycles. The number of anilines is 4. The minimum Gasteiger partial charge on any atom is -0.338 e. The molecule has 4 atom stereocenters. The van der Waals surface area contributed by atoms with Crippen LogP contribution in [0.3, 0.4) is 0 Å². The maximum atomic E-state index is 13.4. The van der Waals surface area contributed by atoms with Crippen LogP contribution >= 0.6 is 0 Å². The maximum absolute atomic E-state index is 13.4. The van der Waals surface area contributed by atoms with Gasteiger partial charge < -0.3 is 32.7 Å². The molecule has 11 nitrogen and oxygen atoms in total. The largest absolute Gasteiger partial charge is 0.418 e. The number of para-hydroxylation sites is 1. The highest BCUT2D eigenvalue weighted by Crippen LogP contribution is 2.34. The Morgan fingerprint density at radius 2 is 1.21 bits per heavy atom. The summed E-state index contributed by atoms with van der Waals surface area (Å²) in [6.45, 7) is 1.94. The number of alkyl halides is 3. The monoisotopic (exact) mass is 481 g/mol. The molecule has 0 amide bonds. The van der Waals surface area contributed by atoms with Gasteiger partial charge in [0, 0.05) is 50.3 Å². The first-order valence-electron chi connectivity index (χ1n) is 11.0. The predicted octanol–water partition coefficient (Wildman–Crippen LogP) is 0.0588. The van der Waals surface area contributed by atoms with Crippen LogP contribution in [0.15, 0.2) is 24.3 Å². The van der Waals surface area contributed by atoms with Gasteiger partial charge in [-0.25, -0.2) is 0 Å². The molecule has 2 fully saturated rings. The molecule has 0 bridgehead atoms. The van der Waals surface area contributed by atoms with E-state index in [9.17, 15) is 13.2 Å². The molecule has 186 valence electrons. The van der Waals surface area contributed by atoms with E-state index in [1.165, 1.54) is 18.2 Å². The normalized spacial score (nSPS) is 25.9. The van der Waals surface area contributed by atoms with Crippen LogP contribution in [0.1, 0.15) is 18.4 Å². The van der Waals surface area contributed by atoms with Gasteiger partial charge in [-0.15, -0.1) is 0 Å². The summed E-state index contributed by atoms with van der Waals surface area (Å²) >= 11 is 0. The Hall–Kier alpha value is -2.94. The quantitative estimate of drug-likeness (QED) is 0.319. The fourth-order valence-electron chi connectivity index (χ4n) is 4.34. The molecule has 4 rings (SSSR count). The van der Waals surface area contributed by atoms with Gasteiger partial charge in [-0.1, -0.05) is 12.1 Å². The van der Waals surface area contributed by atoms with E-state index >= 15 is 0 Å². The second-order valence-electron chi connectivity index (χ2n) is 8.87. The van der Waals surface area contributed by atoms with Crippen molar-refractivity contribution < 1.29 is 13.2 Å². The lowest BCUT2D eigenvalue weighted by Crippen LogP contribution is -2.54. The van der Waals surface area contributed by atoms with E-state index < -0.39 is 11.7 Å². The molecule has 2 aliphatic rings. The zero-order chi connectivity index (χ0) is 24.5. The summed E-state index contributed by atoms with van der Waals surface area (Å²) in [4.78, 5) is 17.1. The average Bonchev–Trinajstić information content (AvgIpc) is 2.76. The third-order valence-corrected chi connectivity index (χ3v) is 5.75. The number of hydrogen-bond donors (Lipinski definition) is 6. The number of nitrogens with one attached hydrogen (secondary N) is 2. The standard InChI is InChI=1S/C20H30F3N11/c21-20(22,23)15-3-1-2-4-16(15)31-32-17-28-18(33-7-11(24)5-12(25)8-33)30-19(29-17)34-9-13(26)6-14(27)10-34/h1-4,11-14,31H,5-10,24-27H2,(H,28,29,30,32). The molecule has 0 spiro atoms. The topological polar surface area (TPSA) is 173 Å². The lowest BCUT2D eigenvalue weighted by atomic mass is 10.0. The molecule has 2 aromatic rings. The number of hydrazine groups is 1. The van der Waals surface area contributed by atoms with Crippen molar-refractivity contribution in [2.24, 2.45) is 22.9 Å². The molecular weight excluding hydrogens is 451 g/mol. The molecule has 10 N–H and O–H groups in total. The molecule has 2 saturated heterocycles. The zero-order valence-electron chi connectivity index (χ0n) is 18.5. The molecule has 4 unspecified atom stereocenters. The minimum absolute atomic E-state index is 0.0393. The van der Waals surface area contributed by atoms with Gasteiger partial charge in [0.15, 0.2) is 0 Å². The van der Waals surface area contributed by atoms with Crippen molar-refractivity contribution in [3.63, 3.8) is 0 Å². The van der Waals surface area contributed by atoms with Crippen LogP contribution < -0.4 is 43.6 Å². The summed E-state index contributed by atoms with van der Waals surface area (Å²) in [6.07, 6.45) is -3.18. The summed E-state index contributed by atoms with van der Waals surface area (Å²) in [7, 11) is 0. The molecule has 34 heavy (non-hydrogen) atoms. The Kier molecular flexibility index (Phi) is 6.93. The fraction of sp³-hybridized carbons (Fsp3) is 0.550. The SMILES string of the molecule is NC1CC(N)CN(c2nc(NNc3ccccc3C(F)(F)F)nc(N3CC(N)CC(N)C3)n2)C1. The van der Waals surface area contributed by atoms with Crippen LogP contribution in [0.25, 0.3) is 0 Å². The Labute approximate surface area is 195 Å². The smallest absolute Gasteiger partial charge is 0.338 e. The Bertz CT molecular complexity index is 924. The molecule has 0 aliphatic carbocycles. The predicted molar refractivity (Wildman–Crippen MR) is 124 cm³/mol. The number of aromatic nitrogens is 3. The summed E-state index contributed by atoms with van der Waals surface area (Å²) in [5.74, 6) is 0.672. The van der Waals surface area contributed by atoms with E-state index in [4.69, 9.17) is 22.9 Å². The van der Waals surface area contributed by atoms with E-state index in [0.717, 1.165) is 6.07 Å². The number of piperidine rings is 2. The van der Waals surface area contributed by atoms with Gasteiger partial charge in [-0.2, -0.15) is 28.1 Å². The van der Waals surface area contributed by atoms with Crippen LogP contribution in [-0.4, -0.2) is 65.3 Å². The van der Waals surface area contributed by atoms with Crippen LogP contribution in [0.5, 0.6) is 0 Å². The van der Waals surface area contributed by atoms with Gasteiger partial charge in [0.1, 0.15) is 0 Å². The van der Waals surface area contributed by atoms with E-state index in [1.807, 2.05) is 9.80 Å². The van der Waals surface area contributed by atoms with Crippen molar-refractivity contribution in [1.29, 1.82) is 0 Å². The Morgan fingerprint density at radius 1 is 0.735 bits per heavy atom. The highest BCUT2D eigenvalue weighted by molar-refractivity contribution is 5.56. The highest BCUT2D eigenvalue weighted by atomic mass is 19.4. The zero-order valence-corrected chi connectivity index (χ0v) is 18.5. The summed E-state index contributed by atoms with van der Waals surface area (Å²) < 4.78 is 40.1. The summed E-state index contributed by atoms with van der Waals surface area (Å²) in [5.41, 5.74) is 28.8. The van der Waals surface area contributed by atoms with Crippen molar-refractivity contribution in [1.82, 2.24) is 15.0 Å². The van der Waals surface area contributed by atoms with Crippen molar-refractivity contribution in [2.45, 2.75) is 43.2 Å². The first-order chi connectivity index (χ1) is 16.1. The van der Waals surface area contributed by atoms with Gasteiger partial charge >= 0.3 is 6.18 Å². The van der Waals surface area contributed by atoms with Crippen molar-refractivity contribution in [2.75, 3.05) is 46.8 Å². The summed E-state index contributed by atoms with van der Waals surface area (Å²) in [5, 5.41) is 0. The van der Waals surface area contributed by atoms with E-state index in [0.29, 0.717) is 50.9 Å². The number of rotatable bonds is 5. The average molecular weight is 482 g/mol. The molecule has 3 heterocycles. The van der Waals surface area contributed by atoms with Crippen LogP contribution in [0.2, 0.25) is 0 Å². The fourth-order valence-corrected chi connectivity index (χ4v) is 4.34. The Balaban J connectivity index is 1.64. The molecular formula is C20H30F3N11. The lowest BCUT2D eigenvalue weighted by Gasteiger charge is -2.37. The summed E-state index contributed by atoms with van der Waals surface area (Å²) in [6, 6.07) is 4.48. The number of halogens is 3. The van der Waals surface area contributed by atoms with Gasteiger partial charge in [-0.3, -0.25) is 10.9 Å². The molecule has 2 aliphatic heterocycles. The van der Waals surface area contributed by atoms with Crippen LogP contribution in [0.4, 0.5) is 36.7 Å². The van der Waals surface area contributed by atoms with Crippen LogP contribution in [-0.2, 0) is 6.18 Å². The molecule has 1 aromatic heterocycles. The van der Waals surface area contributed by atoms with Gasteiger partial charge in [-0.05, 0) is 25.0 Å². The number of nitrogens with zero attached hydrogens (tertiary/aromatic N) is 5. The third kappa shape index (κ3) is 5.75. The van der Waals surface area contributed by atoms with Crippen molar-refractivity contribution in [3.05, 3.63) is 29.8 Å². The molecule has 0 radical (unpaired) electrons. The first-order valence-corrected chi connectivity index (χ1v) is 11.0. The highest BCUT2D eigenvalue weighted by Gasteiger charge is 2.33. The van der Waals surface area contributed by atoms with Gasteiger partial charge in [0.05, 0.1) is 11.3 Å². The second-order valence-corrected chi connectivity index (χ2v) is 8.87. The number of hydrogen-bond acceptors (Lipinski definition) is 11. The number of benzene rings is 1.